The van der Waals surface area contributed by atoms with Gasteiger partial charge in [-0.15, -0.1) is 0 Å². The van der Waals surface area contributed by atoms with Crippen molar-refractivity contribution in [3.63, 3.8) is 0 Å². The van der Waals surface area contributed by atoms with E-state index in [0.29, 0.717) is 37.5 Å². The minimum absolute atomic E-state index is 0.153. The fourth-order valence-corrected chi connectivity index (χ4v) is 3.53. The second-order valence-electron chi connectivity index (χ2n) is 6.92. The van der Waals surface area contributed by atoms with E-state index < -0.39 is 5.97 Å². The molecule has 0 radical (unpaired) electrons. The molecule has 0 bridgehead atoms. The van der Waals surface area contributed by atoms with Gasteiger partial charge in [-0.25, -0.2) is 4.98 Å². The normalized spacial score (nSPS) is 14.4. The van der Waals surface area contributed by atoms with Crippen molar-refractivity contribution in [2.45, 2.75) is 26.7 Å². The summed E-state index contributed by atoms with van der Waals surface area (Å²) in [6, 6.07) is 7.76. The molecule has 4 rings (SSSR count). The lowest BCUT2D eigenvalue weighted by Crippen LogP contribution is -2.33. The highest BCUT2D eigenvalue weighted by atomic mass is 16.5. The third kappa shape index (κ3) is 3.52. The van der Waals surface area contributed by atoms with Crippen LogP contribution in [0, 0.1) is 6.92 Å². The molecule has 146 valence electrons. The third-order valence-corrected chi connectivity index (χ3v) is 4.89. The summed E-state index contributed by atoms with van der Waals surface area (Å²) >= 11 is 0. The molecule has 1 aromatic rings. The van der Waals surface area contributed by atoms with Crippen molar-refractivity contribution in [3.05, 3.63) is 35.2 Å². The molecule has 7 nitrogen and oxygen atoms in total. The lowest BCUT2D eigenvalue weighted by Gasteiger charge is -2.31. The van der Waals surface area contributed by atoms with E-state index in [-0.39, 0.29) is 6.42 Å². The van der Waals surface area contributed by atoms with E-state index in [1.165, 1.54) is 0 Å². The number of hydrogen-bond donors (Lipinski definition) is 1. The first kappa shape index (κ1) is 18.3. The summed E-state index contributed by atoms with van der Waals surface area (Å²) in [6.07, 6.45) is 0.737. The van der Waals surface area contributed by atoms with Crippen LogP contribution in [0.2, 0.25) is 0 Å². The average molecular weight is 381 g/mol. The number of anilines is 1. The number of aromatic nitrogens is 1. The number of ether oxygens (including phenoxy) is 1. The zero-order chi connectivity index (χ0) is 19.7. The lowest BCUT2D eigenvalue weighted by atomic mass is 10.1. The Balaban J connectivity index is 1.77. The Bertz CT molecular complexity index is 1070. The molecule has 0 saturated heterocycles. The molecule has 28 heavy (non-hydrogen) atoms. The van der Waals surface area contributed by atoms with E-state index in [0.717, 1.165) is 40.1 Å². The first-order chi connectivity index (χ1) is 13.5. The molecule has 3 aliphatic rings. The van der Waals surface area contributed by atoms with Crippen LogP contribution in [-0.2, 0) is 4.79 Å². The zero-order valence-corrected chi connectivity index (χ0v) is 16.1. The van der Waals surface area contributed by atoms with Crippen LogP contribution < -0.4 is 15.0 Å². The van der Waals surface area contributed by atoms with Crippen molar-refractivity contribution in [1.29, 1.82) is 0 Å². The number of carbonyl (C=O) groups is 1. The number of rotatable bonds is 5. The second-order valence-corrected chi connectivity index (χ2v) is 6.92. The fraction of sp³-hybridized carbons (Fsp3) is 0.381. The number of nitrogens with zero attached hydrogens (tertiary/aromatic N) is 3. The number of aryl methyl sites for hydroxylation is 1. The van der Waals surface area contributed by atoms with Gasteiger partial charge < -0.3 is 19.2 Å². The molecular formula is C21H23N3O4. The number of carboxylic acids is 1. The Kier molecular flexibility index (Phi) is 4.90. The van der Waals surface area contributed by atoms with E-state index in [1.807, 2.05) is 38.1 Å². The van der Waals surface area contributed by atoms with Crippen molar-refractivity contribution < 1.29 is 19.1 Å². The largest absolute Gasteiger partial charge is 0.489 e. The van der Waals surface area contributed by atoms with Gasteiger partial charge in [0.2, 0.25) is 0 Å². The molecule has 0 unspecified atom stereocenters. The molecule has 7 heteroatoms. The predicted molar refractivity (Wildman–Crippen MR) is 106 cm³/mol. The average Bonchev–Trinajstić information content (AvgIpc) is 2.66. The highest BCUT2D eigenvalue weighted by Crippen LogP contribution is 2.37. The van der Waals surface area contributed by atoms with Gasteiger partial charge in [0.25, 0.3) is 0 Å². The molecule has 0 spiro atoms. The minimum atomic E-state index is -0.777. The molecule has 1 aliphatic carbocycles. The van der Waals surface area contributed by atoms with Gasteiger partial charge in [0, 0.05) is 37.7 Å². The van der Waals surface area contributed by atoms with E-state index in [4.69, 9.17) is 19.2 Å². The number of aliphatic carboxylic acids is 1. The van der Waals surface area contributed by atoms with Crippen molar-refractivity contribution in [1.82, 2.24) is 4.98 Å². The van der Waals surface area contributed by atoms with Gasteiger partial charge in [0.05, 0.1) is 17.6 Å². The van der Waals surface area contributed by atoms with Gasteiger partial charge >= 0.3 is 5.97 Å². The van der Waals surface area contributed by atoms with Gasteiger partial charge in [-0.1, -0.05) is 0 Å². The van der Waals surface area contributed by atoms with Crippen LogP contribution in [0.5, 0.6) is 5.75 Å². The van der Waals surface area contributed by atoms with Crippen LogP contribution in [-0.4, -0.2) is 42.3 Å². The Hall–Kier alpha value is -3.09. The molecule has 0 saturated carbocycles. The molecule has 0 aromatic heterocycles. The number of carboxylic acid groups (broad SMARTS) is 1. The van der Waals surface area contributed by atoms with Crippen LogP contribution in [0.3, 0.4) is 0 Å². The molecule has 1 aromatic carbocycles. The van der Waals surface area contributed by atoms with Crippen molar-refractivity contribution in [3.8, 4) is 17.2 Å². The molecule has 0 amide bonds. The Morgan fingerprint density at radius 2 is 2.18 bits per heavy atom. The number of hydrogen-bond acceptors (Lipinski definition) is 6. The van der Waals surface area contributed by atoms with E-state index >= 15 is 0 Å². The molecule has 2 heterocycles. The Labute approximate surface area is 162 Å². The summed E-state index contributed by atoms with van der Waals surface area (Å²) in [6.45, 7) is 6.68. The van der Waals surface area contributed by atoms with Crippen LogP contribution in [0.25, 0.3) is 22.6 Å². The summed E-state index contributed by atoms with van der Waals surface area (Å²) in [5, 5.41) is 9.80. The summed E-state index contributed by atoms with van der Waals surface area (Å²) in [5.41, 5.74) is 4.17. The summed E-state index contributed by atoms with van der Waals surface area (Å²) in [4.78, 5) is 22.2. The maximum Gasteiger partial charge on any atom is 0.303 e. The standard InChI is InChI=1S/C21H23N3O4/c1-3-22-14-10-18-15(9-13(14)2)23-16-11-20-17(12-19(16)28-18)24(7-8-27-20)6-4-5-21(25)26/h9-12H,3-8H2,1-2H3,(H,25,26)/b22-14-. The fourth-order valence-electron chi connectivity index (χ4n) is 3.53. The van der Waals surface area contributed by atoms with Crippen molar-refractivity contribution in [2.75, 3.05) is 31.1 Å². The summed E-state index contributed by atoms with van der Waals surface area (Å²) in [5.74, 6) is 0.672. The smallest absolute Gasteiger partial charge is 0.303 e. The van der Waals surface area contributed by atoms with Crippen molar-refractivity contribution >= 4 is 22.8 Å². The van der Waals surface area contributed by atoms with Crippen LogP contribution in [0.1, 0.15) is 25.3 Å². The van der Waals surface area contributed by atoms with Gasteiger partial charge in [-0.3, -0.25) is 9.79 Å². The highest BCUT2D eigenvalue weighted by Gasteiger charge is 2.21. The quantitative estimate of drug-likeness (QED) is 0.683. The van der Waals surface area contributed by atoms with Crippen LogP contribution in [0.15, 0.2) is 33.7 Å². The van der Waals surface area contributed by atoms with Gasteiger partial charge in [0.1, 0.15) is 23.6 Å². The zero-order valence-electron chi connectivity index (χ0n) is 16.1. The number of benzene rings is 2. The summed E-state index contributed by atoms with van der Waals surface area (Å²) < 4.78 is 12.0. The highest BCUT2D eigenvalue weighted by molar-refractivity contribution is 5.84. The SMILES string of the molecule is CC/N=c1/cc2oc3cc4c(cc3nc-2cc1C)OCCN4CCCC(=O)O. The van der Waals surface area contributed by atoms with Gasteiger partial charge in [-0.05, 0) is 31.9 Å². The molecule has 0 fully saturated rings. The molecular weight excluding hydrogens is 358 g/mol. The van der Waals surface area contributed by atoms with Crippen LogP contribution >= 0.6 is 0 Å². The van der Waals surface area contributed by atoms with Crippen molar-refractivity contribution in [2.24, 2.45) is 4.99 Å². The molecule has 1 N–H and O–H groups in total. The van der Waals surface area contributed by atoms with E-state index in [1.54, 1.807) is 0 Å². The van der Waals surface area contributed by atoms with Gasteiger partial charge in [0.15, 0.2) is 11.3 Å². The maximum absolute atomic E-state index is 10.8. The van der Waals surface area contributed by atoms with E-state index in [9.17, 15) is 4.79 Å². The first-order valence-corrected chi connectivity index (χ1v) is 9.54. The molecule has 0 atom stereocenters. The third-order valence-electron chi connectivity index (χ3n) is 4.89. The number of fused-ring (bicyclic) bond motifs is 3. The second kappa shape index (κ2) is 7.50. The summed E-state index contributed by atoms with van der Waals surface area (Å²) in [7, 11) is 0. The maximum atomic E-state index is 10.8. The monoisotopic (exact) mass is 381 g/mol. The first-order valence-electron chi connectivity index (χ1n) is 9.54. The minimum Gasteiger partial charge on any atom is -0.489 e. The Morgan fingerprint density at radius 3 is 2.96 bits per heavy atom. The molecule has 2 aliphatic heterocycles. The van der Waals surface area contributed by atoms with E-state index in [2.05, 4.69) is 9.89 Å². The van der Waals surface area contributed by atoms with Gasteiger partial charge in [-0.2, -0.15) is 0 Å². The Morgan fingerprint density at radius 1 is 1.32 bits per heavy atom. The topological polar surface area (TPSA) is 88.2 Å². The lowest BCUT2D eigenvalue weighted by molar-refractivity contribution is -0.137. The predicted octanol–water partition coefficient (Wildman–Crippen LogP) is 3.23. The van der Waals surface area contributed by atoms with Crippen LogP contribution in [0.4, 0.5) is 5.69 Å².